The summed E-state index contributed by atoms with van der Waals surface area (Å²) < 4.78 is 5.69. The van der Waals surface area contributed by atoms with Gasteiger partial charge < -0.3 is 10.1 Å². The van der Waals surface area contributed by atoms with Crippen LogP contribution in [0.2, 0.25) is 5.02 Å². The van der Waals surface area contributed by atoms with Crippen molar-refractivity contribution in [1.82, 2.24) is 5.32 Å². The molecule has 0 saturated heterocycles. The minimum absolute atomic E-state index is 0.257. The van der Waals surface area contributed by atoms with Crippen molar-refractivity contribution < 1.29 is 4.74 Å². The fourth-order valence-corrected chi connectivity index (χ4v) is 3.13. The van der Waals surface area contributed by atoms with Crippen LogP contribution in [0, 0.1) is 0 Å². The van der Waals surface area contributed by atoms with Crippen molar-refractivity contribution in [2.45, 2.75) is 32.0 Å². The van der Waals surface area contributed by atoms with Crippen LogP contribution in [0.5, 0.6) is 0 Å². The molecule has 0 aliphatic carbocycles. The Bertz CT molecular complexity index is 614. The first-order valence-corrected chi connectivity index (χ1v) is 7.77. The van der Waals surface area contributed by atoms with Gasteiger partial charge in [0.05, 0.1) is 19.3 Å². The number of rotatable bonds is 4. The summed E-state index contributed by atoms with van der Waals surface area (Å²) in [6.07, 6.45) is 0.915. The van der Waals surface area contributed by atoms with Crippen LogP contribution < -0.4 is 5.32 Å². The Morgan fingerprint density at radius 1 is 1.19 bits per heavy atom. The third kappa shape index (κ3) is 3.46. The maximum Gasteiger partial charge on any atom is 0.0721 e. The number of ether oxygens (including phenoxy) is 1. The van der Waals surface area contributed by atoms with Gasteiger partial charge in [0.25, 0.3) is 0 Å². The summed E-state index contributed by atoms with van der Waals surface area (Å²) in [4.78, 5) is 0. The molecule has 0 spiro atoms. The second-order valence-electron chi connectivity index (χ2n) is 5.63. The zero-order valence-electron chi connectivity index (χ0n) is 12.2. The molecule has 1 N–H and O–H groups in total. The molecule has 2 unspecified atom stereocenters. The van der Waals surface area contributed by atoms with Crippen LogP contribution in [0.15, 0.2) is 48.5 Å². The second-order valence-corrected chi connectivity index (χ2v) is 6.04. The highest BCUT2D eigenvalue weighted by atomic mass is 35.5. The van der Waals surface area contributed by atoms with Gasteiger partial charge in [0.2, 0.25) is 0 Å². The van der Waals surface area contributed by atoms with Crippen LogP contribution in [-0.4, -0.2) is 12.6 Å². The quantitative estimate of drug-likeness (QED) is 0.917. The van der Waals surface area contributed by atoms with Crippen LogP contribution in [0.25, 0.3) is 0 Å². The van der Waals surface area contributed by atoms with E-state index in [1.807, 2.05) is 18.2 Å². The first kappa shape index (κ1) is 14.6. The second kappa shape index (κ2) is 6.61. The van der Waals surface area contributed by atoms with Gasteiger partial charge >= 0.3 is 0 Å². The van der Waals surface area contributed by atoms with Crippen molar-refractivity contribution >= 4 is 11.6 Å². The van der Waals surface area contributed by atoms with E-state index in [1.165, 1.54) is 16.7 Å². The highest BCUT2D eigenvalue weighted by Crippen LogP contribution is 2.25. The van der Waals surface area contributed by atoms with Crippen LogP contribution in [0.4, 0.5) is 0 Å². The zero-order valence-corrected chi connectivity index (χ0v) is 12.9. The molecule has 1 heterocycles. The Labute approximate surface area is 131 Å². The van der Waals surface area contributed by atoms with E-state index in [0.717, 1.165) is 18.1 Å². The summed E-state index contributed by atoms with van der Waals surface area (Å²) in [5, 5.41) is 4.51. The number of benzene rings is 2. The highest BCUT2D eigenvalue weighted by Gasteiger charge is 2.21. The molecule has 2 nitrogen and oxygen atoms in total. The monoisotopic (exact) mass is 301 g/mol. The lowest BCUT2D eigenvalue weighted by atomic mass is 9.97. The molecule has 0 aromatic heterocycles. The standard InChI is InChI=1S/C18H20ClNO/c1-13(10-14-6-3-5-9-17(14)19)20-18-12-21-11-15-7-2-4-8-16(15)18/h2-9,13,18,20H,10-12H2,1H3. The number of hydrogen-bond acceptors (Lipinski definition) is 2. The van der Waals surface area contributed by atoms with Gasteiger partial charge in [-0.05, 0) is 36.1 Å². The molecule has 2 aromatic carbocycles. The third-order valence-corrected chi connectivity index (χ3v) is 4.31. The van der Waals surface area contributed by atoms with Crippen LogP contribution >= 0.6 is 11.6 Å². The zero-order chi connectivity index (χ0) is 14.7. The molecule has 3 rings (SSSR count). The van der Waals surface area contributed by atoms with E-state index in [1.54, 1.807) is 0 Å². The first-order chi connectivity index (χ1) is 10.2. The summed E-state index contributed by atoms with van der Waals surface area (Å²) >= 11 is 6.24. The van der Waals surface area contributed by atoms with E-state index in [2.05, 4.69) is 42.6 Å². The van der Waals surface area contributed by atoms with Crippen LogP contribution in [0.1, 0.15) is 29.7 Å². The van der Waals surface area contributed by atoms with Gasteiger partial charge in [0.15, 0.2) is 0 Å². The van der Waals surface area contributed by atoms with E-state index in [4.69, 9.17) is 16.3 Å². The molecular formula is C18H20ClNO. The number of fused-ring (bicyclic) bond motifs is 1. The summed E-state index contributed by atoms with van der Waals surface area (Å²) in [5.74, 6) is 0. The average molecular weight is 302 g/mol. The molecule has 2 aromatic rings. The molecule has 0 fully saturated rings. The topological polar surface area (TPSA) is 21.3 Å². The van der Waals surface area contributed by atoms with Crippen molar-refractivity contribution in [3.8, 4) is 0 Å². The Morgan fingerprint density at radius 3 is 2.81 bits per heavy atom. The van der Waals surface area contributed by atoms with Crippen molar-refractivity contribution in [2.75, 3.05) is 6.61 Å². The predicted molar refractivity (Wildman–Crippen MR) is 86.6 cm³/mol. The van der Waals surface area contributed by atoms with E-state index in [0.29, 0.717) is 12.6 Å². The van der Waals surface area contributed by atoms with Gasteiger partial charge in [-0.25, -0.2) is 0 Å². The van der Waals surface area contributed by atoms with Gasteiger partial charge in [0, 0.05) is 11.1 Å². The number of halogens is 1. The average Bonchev–Trinajstić information content (AvgIpc) is 2.50. The Hall–Kier alpha value is -1.35. The van der Waals surface area contributed by atoms with Gasteiger partial charge in [-0.15, -0.1) is 0 Å². The Kier molecular flexibility index (Phi) is 4.59. The normalized spacial score (nSPS) is 19.0. The lowest BCUT2D eigenvalue weighted by Gasteiger charge is -2.29. The molecule has 3 heteroatoms. The Balaban J connectivity index is 1.69. The molecule has 110 valence electrons. The smallest absolute Gasteiger partial charge is 0.0721 e. The Morgan fingerprint density at radius 2 is 1.95 bits per heavy atom. The maximum atomic E-state index is 6.24. The minimum Gasteiger partial charge on any atom is -0.375 e. The van der Waals surface area contributed by atoms with E-state index >= 15 is 0 Å². The highest BCUT2D eigenvalue weighted by molar-refractivity contribution is 6.31. The molecule has 0 radical (unpaired) electrons. The molecule has 2 atom stereocenters. The molecule has 0 saturated carbocycles. The molecule has 0 amide bonds. The summed E-state index contributed by atoms with van der Waals surface area (Å²) in [7, 11) is 0. The maximum absolute atomic E-state index is 6.24. The van der Waals surface area contributed by atoms with Gasteiger partial charge in [-0.2, -0.15) is 0 Å². The fraction of sp³-hybridized carbons (Fsp3) is 0.333. The number of hydrogen-bond donors (Lipinski definition) is 1. The lowest BCUT2D eigenvalue weighted by molar-refractivity contribution is 0.0791. The summed E-state index contributed by atoms with van der Waals surface area (Å²) in [6.45, 7) is 3.64. The third-order valence-electron chi connectivity index (χ3n) is 3.94. The lowest BCUT2D eigenvalue weighted by Crippen LogP contribution is -2.37. The van der Waals surface area contributed by atoms with E-state index in [-0.39, 0.29) is 6.04 Å². The largest absolute Gasteiger partial charge is 0.375 e. The molecule has 21 heavy (non-hydrogen) atoms. The minimum atomic E-state index is 0.257. The van der Waals surface area contributed by atoms with E-state index < -0.39 is 0 Å². The van der Waals surface area contributed by atoms with E-state index in [9.17, 15) is 0 Å². The van der Waals surface area contributed by atoms with Gasteiger partial charge in [-0.1, -0.05) is 54.1 Å². The molecule has 1 aliphatic heterocycles. The molecular weight excluding hydrogens is 282 g/mol. The predicted octanol–water partition coefficient (Wildman–Crippen LogP) is 4.13. The van der Waals surface area contributed by atoms with Crippen molar-refractivity contribution in [3.63, 3.8) is 0 Å². The SMILES string of the molecule is CC(Cc1ccccc1Cl)NC1COCc2ccccc21. The molecule has 0 bridgehead atoms. The van der Waals surface area contributed by atoms with Gasteiger partial charge in [0.1, 0.15) is 0 Å². The first-order valence-electron chi connectivity index (χ1n) is 7.39. The number of nitrogens with one attached hydrogen (secondary N) is 1. The van der Waals surface area contributed by atoms with Gasteiger partial charge in [-0.3, -0.25) is 0 Å². The van der Waals surface area contributed by atoms with Crippen LogP contribution in [-0.2, 0) is 17.8 Å². The summed E-state index contributed by atoms with van der Waals surface area (Å²) in [5.41, 5.74) is 3.82. The van der Waals surface area contributed by atoms with Crippen molar-refractivity contribution in [1.29, 1.82) is 0 Å². The molecule has 1 aliphatic rings. The van der Waals surface area contributed by atoms with Crippen molar-refractivity contribution in [3.05, 3.63) is 70.2 Å². The van der Waals surface area contributed by atoms with Crippen molar-refractivity contribution in [2.24, 2.45) is 0 Å². The fourth-order valence-electron chi connectivity index (χ4n) is 2.92. The van der Waals surface area contributed by atoms with Crippen LogP contribution in [0.3, 0.4) is 0 Å². The summed E-state index contributed by atoms with van der Waals surface area (Å²) in [6, 6.07) is 17.1.